The number of hydrogen-bond donors (Lipinski definition) is 0. The highest BCUT2D eigenvalue weighted by Crippen LogP contribution is 2.78. The summed E-state index contributed by atoms with van der Waals surface area (Å²) in [6.45, 7) is 9.99. The summed E-state index contributed by atoms with van der Waals surface area (Å²) in [7, 11) is 0. The van der Waals surface area contributed by atoms with E-state index in [-0.39, 0.29) is 30.0 Å². The molecule has 1 spiro atoms. The lowest BCUT2D eigenvalue weighted by Gasteiger charge is -2.64. The molecule has 6 rings (SSSR count). The number of ether oxygens (including phenoxy) is 3. The molecule has 0 bridgehead atoms. The Morgan fingerprint density at radius 3 is 2.45 bits per heavy atom. The van der Waals surface area contributed by atoms with Crippen molar-refractivity contribution in [3.05, 3.63) is 36.3 Å². The van der Waals surface area contributed by atoms with Gasteiger partial charge in [-0.15, -0.1) is 0 Å². The van der Waals surface area contributed by atoms with Crippen molar-refractivity contribution in [3.63, 3.8) is 0 Å². The monoisotopic (exact) mass is 454 g/mol. The van der Waals surface area contributed by atoms with Crippen LogP contribution in [0.5, 0.6) is 0 Å². The molecule has 4 fully saturated rings. The zero-order valence-corrected chi connectivity index (χ0v) is 19.7. The summed E-state index contributed by atoms with van der Waals surface area (Å²) < 4.78 is 23.3. The third kappa shape index (κ3) is 2.23. The molecule has 1 aromatic rings. The number of furan rings is 1. The van der Waals surface area contributed by atoms with Gasteiger partial charge in [0, 0.05) is 29.4 Å². The number of carbonyl (C=O) groups is 3. The number of allylic oxidation sites excluding steroid dienone is 1. The summed E-state index contributed by atoms with van der Waals surface area (Å²) in [4.78, 5) is 39.6. The molecule has 4 heterocycles. The van der Waals surface area contributed by atoms with Crippen LogP contribution in [0, 0.1) is 28.1 Å². The number of Topliss-reactive ketones (excluding diaryl/α,β-unsaturated/α-hetero) is 1. The molecule has 8 atom stereocenters. The van der Waals surface area contributed by atoms with Crippen LogP contribution in [-0.2, 0) is 28.6 Å². The lowest BCUT2D eigenvalue weighted by Crippen LogP contribution is -2.71. The molecule has 3 aliphatic heterocycles. The van der Waals surface area contributed by atoms with Crippen LogP contribution in [0.4, 0.5) is 0 Å². The van der Waals surface area contributed by atoms with E-state index in [1.807, 2.05) is 32.9 Å². The van der Waals surface area contributed by atoms with Gasteiger partial charge >= 0.3 is 11.9 Å². The van der Waals surface area contributed by atoms with E-state index in [1.165, 1.54) is 6.08 Å². The SMILES string of the molecule is CC1(C)OC(=O)C=C[C@@]2(C)C1CC(=O)[C@]1(C)C2CC[C@@]2(C)C(c3ccoc3)OC(=O)C3O[C@]321. The molecule has 2 saturated carbocycles. The van der Waals surface area contributed by atoms with E-state index in [9.17, 15) is 14.4 Å². The van der Waals surface area contributed by atoms with Crippen LogP contribution in [0.15, 0.2) is 35.2 Å². The van der Waals surface area contributed by atoms with Gasteiger partial charge in [-0.05, 0) is 51.0 Å². The van der Waals surface area contributed by atoms with E-state index >= 15 is 0 Å². The van der Waals surface area contributed by atoms with Crippen LogP contribution >= 0.6 is 0 Å². The molecule has 7 nitrogen and oxygen atoms in total. The van der Waals surface area contributed by atoms with Crippen LogP contribution in [0.3, 0.4) is 0 Å². The molecule has 7 heteroatoms. The van der Waals surface area contributed by atoms with Crippen molar-refractivity contribution in [1.29, 1.82) is 0 Å². The Kier molecular flexibility index (Phi) is 3.83. The summed E-state index contributed by atoms with van der Waals surface area (Å²) in [6, 6.07) is 1.81. The molecule has 0 N–H and O–H groups in total. The normalized spacial score (nSPS) is 49.5. The molecule has 5 aliphatic rings. The fourth-order valence-electron chi connectivity index (χ4n) is 8.49. The first-order valence-corrected chi connectivity index (χ1v) is 11.8. The second kappa shape index (κ2) is 5.98. The van der Waals surface area contributed by atoms with Crippen molar-refractivity contribution in [1.82, 2.24) is 0 Å². The number of rotatable bonds is 1. The minimum atomic E-state index is -0.958. The fourth-order valence-corrected chi connectivity index (χ4v) is 8.49. The van der Waals surface area contributed by atoms with Crippen molar-refractivity contribution >= 4 is 17.7 Å². The van der Waals surface area contributed by atoms with E-state index < -0.39 is 45.6 Å². The van der Waals surface area contributed by atoms with Crippen molar-refractivity contribution in [2.45, 2.75) is 77.3 Å². The Morgan fingerprint density at radius 1 is 1.00 bits per heavy atom. The molecule has 0 amide bonds. The molecule has 33 heavy (non-hydrogen) atoms. The maximum Gasteiger partial charge on any atom is 0.339 e. The Morgan fingerprint density at radius 2 is 1.76 bits per heavy atom. The van der Waals surface area contributed by atoms with Gasteiger partial charge in [-0.2, -0.15) is 0 Å². The maximum atomic E-state index is 14.1. The zero-order valence-electron chi connectivity index (χ0n) is 19.7. The van der Waals surface area contributed by atoms with Crippen molar-refractivity contribution in [2.75, 3.05) is 0 Å². The highest BCUT2D eigenvalue weighted by atomic mass is 16.7. The van der Waals surface area contributed by atoms with E-state index in [0.29, 0.717) is 6.42 Å². The minimum absolute atomic E-state index is 0.0727. The highest BCUT2D eigenvalue weighted by Gasteiger charge is 2.88. The smallest absolute Gasteiger partial charge is 0.339 e. The minimum Gasteiger partial charge on any atom is -0.472 e. The average Bonchev–Trinajstić information content (AvgIpc) is 3.33. The van der Waals surface area contributed by atoms with E-state index in [4.69, 9.17) is 18.6 Å². The summed E-state index contributed by atoms with van der Waals surface area (Å²) in [6.07, 6.45) is 7.04. The largest absolute Gasteiger partial charge is 0.472 e. The van der Waals surface area contributed by atoms with Crippen LogP contribution in [0.2, 0.25) is 0 Å². The van der Waals surface area contributed by atoms with Crippen LogP contribution < -0.4 is 0 Å². The van der Waals surface area contributed by atoms with Crippen LogP contribution in [0.25, 0.3) is 0 Å². The predicted molar refractivity (Wildman–Crippen MR) is 115 cm³/mol. The van der Waals surface area contributed by atoms with E-state index in [0.717, 1.165) is 12.0 Å². The van der Waals surface area contributed by atoms with Crippen LogP contribution in [0.1, 0.15) is 65.5 Å². The summed E-state index contributed by atoms with van der Waals surface area (Å²) in [5.74, 6) is -1.02. The second-order valence-corrected chi connectivity index (χ2v) is 11.7. The first-order valence-electron chi connectivity index (χ1n) is 11.8. The van der Waals surface area contributed by atoms with Gasteiger partial charge in [-0.25, -0.2) is 9.59 Å². The number of carbonyl (C=O) groups excluding carboxylic acids is 3. The Hall–Kier alpha value is -2.41. The first kappa shape index (κ1) is 21.1. The molecule has 2 saturated heterocycles. The average molecular weight is 455 g/mol. The third-order valence-corrected chi connectivity index (χ3v) is 10.0. The molecule has 2 aliphatic carbocycles. The Labute approximate surface area is 192 Å². The lowest BCUT2D eigenvalue weighted by atomic mass is 9.37. The molecule has 0 aromatic carbocycles. The maximum absolute atomic E-state index is 14.1. The zero-order chi connectivity index (χ0) is 23.6. The summed E-state index contributed by atoms with van der Waals surface area (Å²) >= 11 is 0. The van der Waals surface area contributed by atoms with E-state index in [2.05, 4.69) is 13.8 Å². The molecule has 4 unspecified atom stereocenters. The van der Waals surface area contributed by atoms with Crippen molar-refractivity contribution in [2.24, 2.45) is 28.1 Å². The molecule has 0 radical (unpaired) electrons. The quantitative estimate of drug-likeness (QED) is 0.469. The fraction of sp³-hybridized carbons (Fsp3) is 0.654. The lowest BCUT2D eigenvalue weighted by molar-refractivity contribution is -0.215. The number of cyclic esters (lactones) is 2. The second-order valence-electron chi connectivity index (χ2n) is 11.7. The van der Waals surface area contributed by atoms with Gasteiger partial charge in [-0.3, -0.25) is 4.79 Å². The Balaban J connectivity index is 1.53. The molecule has 176 valence electrons. The topological polar surface area (TPSA) is 95.3 Å². The number of fused-ring (bicyclic) bond motifs is 3. The van der Waals surface area contributed by atoms with Gasteiger partial charge in [0.25, 0.3) is 0 Å². The van der Waals surface area contributed by atoms with Crippen molar-refractivity contribution in [3.8, 4) is 0 Å². The number of hydrogen-bond acceptors (Lipinski definition) is 7. The molecule has 1 aromatic heterocycles. The Bertz CT molecular complexity index is 1100. The number of epoxide rings is 1. The van der Waals surface area contributed by atoms with E-state index in [1.54, 1.807) is 12.5 Å². The van der Waals surface area contributed by atoms with Crippen molar-refractivity contribution < 1.29 is 33.0 Å². The predicted octanol–water partition coefficient (Wildman–Crippen LogP) is 3.92. The number of esters is 2. The summed E-state index contributed by atoms with van der Waals surface area (Å²) in [5, 5.41) is 0. The standard InChI is InChI=1S/C26H30O7/c1-22(2)16-12-17(27)25(5)15(23(16,3)9-7-18(28)32-22)6-10-24(4)19(14-8-11-30-13-14)31-21(29)20-26(24,25)33-20/h7-9,11,13,15-16,19-20H,6,10,12H2,1-5H3/t15?,16?,19?,20?,23-,24+,25+,26-/m1/s1. The van der Waals surface area contributed by atoms with Gasteiger partial charge in [0.15, 0.2) is 6.10 Å². The highest BCUT2D eigenvalue weighted by molar-refractivity contribution is 5.93. The van der Waals surface area contributed by atoms with Gasteiger partial charge in [0.1, 0.15) is 23.1 Å². The molecular formula is C26H30O7. The van der Waals surface area contributed by atoms with Gasteiger partial charge < -0.3 is 18.6 Å². The third-order valence-electron chi connectivity index (χ3n) is 10.0. The van der Waals surface area contributed by atoms with Gasteiger partial charge in [-0.1, -0.05) is 19.9 Å². The number of ketones is 1. The van der Waals surface area contributed by atoms with Gasteiger partial charge in [0.2, 0.25) is 0 Å². The molecular weight excluding hydrogens is 424 g/mol. The van der Waals surface area contributed by atoms with Gasteiger partial charge in [0.05, 0.1) is 17.9 Å². The summed E-state index contributed by atoms with van der Waals surface area (Å²) in [5.41, 5.74) is -2.94. The first-order chi connectivity index (χ1) is 15.4. The van der Waals surface area contributed by atoms with Crippen LogP contribution in [-0.4, -0.2) is 35.0 Å².